The highest BCUT2D eigenvalue weighted by molar-refractivity contribution is 5.41. The fourth-order valence-corrected chi connectivity index (χ4v) is 1.40. The van der Waals surface area contributed by atoms with E-state index in [2.05, 4.69) is 0 Å². The summed E-state index contributed by atoms with van der Waals surface area (Å²) in [6.07, 6.45) is 0. The van der Waals surface area contributed by atoms with Crippen LogP contribution < -0.4 is 4.74 Å². The molecule has 78 valence electrons. The predicted molar refractivity (Wildman–Crippen MR) is 52.9 cm³/mol. The van der Waals surface area contributed by atoms with Crippen molar-refractivity contribution in [1.82, 2.24) is 0 Å². The van der Waals surface area contributed by atoms with Gasteiger partial charge in [-0.1, -0.05) is 6.07 Å². The highest BCUT2D eigenvalue weighted by Crippen LogP contribution is 2.33. The van der Waals surface area contributed by atoms with Crippen molar-refractivity contribution >= 4 is 0 Å². The van der Waals surface area contributed by atoms with Crippen LogP contribution in [0.15, 0.2) is 12.1 Å². The Balaban J connectivity index is 3.44. The molecule has 0 radical (unpaired) electrons. The first-order chi connectivity index (χ1) is 6.38. The lowest BCUT2D eigenvalue weighted by atomic mass is 9.95. The number of rotatable bonds is 2. The molecule has 0 amide bonds. The fraction of sp³-hybridized carbons (Fsp3) is 0.455. The Morgan fingerprint density at radius 1 is 1.36 bits per heavy atom. The number of aryl methyl sites for hydroxylation is 1. The zero-order valence-electron chi connectivity index (χ0n) is 8.89. The Morgan fingerprint density at radius 2 is 1.93 bits per heavy atom. The van der Waals surface area contributed by atoms with E-state index in [1.165, 1.54) is 21.0 Å². The third-order valence-corrected chi connectivity index (χ3v) is 2.13. The van der Waals surface area contributed by atoms with Crippen LogP contribution in [0.4, 0.5) is 4.39 Å². The lowest BCUT2D eigenvalue weighted by Gasteiger charge is -2.22. The van der Waals surface area contributed by atoms with E-state index in [0.29, 0.717) is 11.3 Å². The molecular formula is C11H15FO2. The number of benzene rings is 1. The molecule has 0 spiro atoms. The minimum atomic E-state index is -1.23. The van der Waals surface area contributed by atoms with Crippen molar-refractivity contribution in [1.29, 1.82) is 0 Å². The van der Waals surface area contributed by atoms with Gasteiger partial charge in [0.15, 0.2) is 0 Å². The molecule has 0 aliphatic rings. The van der Waals surface area contributed by atoms with E-state index >= 15 is 0 Å². The van der Waals surface area contributed by atoms with E-state index in [-0.39, 0.29) is 5.56 Å². The molecule has 0 fully saturated rings. The van der Waals surface area contributed by atoms with Crippen LogP contribution in [0.2, 0.25) is 0 Å². The molecule has 14 heavy (non-hydrogen) atoms. The summed E-state index contributed by atoms with van der Waals surface area (Å²) in [6, 6.07) is 3.29. The van der Waals surface area contributed by atoms with E-state index in [1.807, 2.05) is 0 Å². The minimum Gasteiger partial charge on any atom is -0.496 e. The molecule has 3 heteroatoms. The molecule has 0 saturated carbocycles. The van der Waals surface area contributed by atoms with E-state index in [9.17, 15) is 9.50 Å². The molecule has 0 aliphatic heterocycles. The number of methoxy groups -OCH3 is 1. The third kappa shape index (κ3) is 1.87. The smallest absolute Gasteiger partial charge is 0.135 e. The van der Waals surface area contributed by atoms with Gasteiger partial charge < -0.3 is 9.84 Å². The molecule has 0 bridgehead atoms. The van der Waals surface area contributed by atoms with Crippen LogP contribution in [0.3, 0.4) is 0 Å². The normalized spacial score (nSPS) is 11.6. The second-order valence-electron chi connectivity index (χ2n) is 3.83. The first-order valence-electron chi connectivity index (χ1n) is 4.44. The van der Waals surface area contributed by atoms with Crippen molar-refractivity contribution in [3.63, 3.8) is 0 Å². The van der Waals surface area contributed by atoms with Gasteiger partial charge in [0, 0.05) is 0 Å². The summed E-state index contributed by atoms with van der Waals surface area (Å²) < 4.78 is 18.7. The standard InChI is InChI=1S/C11H15FO2/c1-7-5-6-8(14-4)9(10(7)12)11(2,3)13/h5-6,13H,1-4H3. The maximum Gasteiger partial charge on any atom is 0.135 e. The minimum absolute atomic E-state index is 0.208. The fourth-order valence-electron chi connectivity index (χ4n) is 1.40. The van der Waals surface area contributed by atoms with Gasteiger partial charge in [-0.2, -0.15) is 0 Å². The molecule has 0 unspecified atom stereocenters. The van der Waals surface area contributed by atoms with E-state index in [0.717, 1.165) is 0 Å². The van der Waals surface area contributed by atoms with Crippen molar-refractivity contribution in [2.24, 2.45) is 0 Å². The van der Waals surface area contributed by atoms with E-state index in [1.54, 1.807) is 19.1 Å². The number of halogens is 1. The summed E-state index contributed by atoms with van der Waals surface area (Å²) >= 11 is 0. The van der Waals surface area contributed by atoms with Gasteiger partial charge in [0.25, 0.3) is 0 Å². The zero-order valence-corrected chi connectivity index (χ0v) is 8.89. The molecule has 1 rings (SSSR count). The lowest BCUT2D eigenvalue weighted by Crippen LogP contribution is -2.19. The van der Waals surface area contributed by atoms with Crippen molar-refractivity contribution in [3.05, 3.63) is 29.1 Å². The van der Waals surface area contributed by atoms with E-state index < -0.39 is 11.4 Å². The molecule has 1 aromatic rings. The van der Waals surface area contributed by atoms with Crippen molar-refractivity contribution in [3.8, 4) is 5.75 Å². The summed E-state index contributed by atoms with van der Waals surface area (Å²) in [5.41, 5.74) is -0.524. The molecule has 0 aromatic heterocycles. The van der Waals surface area contributed by atoms with Crippen molar-refractivity contribution in [2.75, 3.05) is 7.11 Å². The van der Waals surface area contributed by atoms with Crippen LogP contribution in [0.25, 0.3) is 0 Å². The predicted octanol–water partition coefficient (Wildman–Crippen LogP) is 2.37. The van der Waals surface area contributed by atoms with Gasteiger partial charge in [0.1, 0.15) is 11.6 Å². The third-order valence-electron chi connectivity index (χ3n) is 2.13. The average molecular weight is 198 g/mol. The van der Waals surface area contributed by atoms with Crippen LogP contribution in [0, 0.1) is 12.7 Å². The Morgan fingerprint density at radius 3 is 2.36 bits per heavy atom. The highest BCUT2D eigenvalue weighted by Gasteiger charge is 2.26. The van der Waals surface area contributed by atoms with Crippen molar-refractivity contribution < 1.29 is 14.2 Å². The SMILES string of the molecule is COc1ccc(C)c(F)c1C(C)(C)O. The zero-order chi connectivity index (χ0) is 10.9. The Bertz CT molecular complexity index is 340. The molecule has 0 heterocycles. The monoisotopic (exact) mass is 198 g/mol. The Kier molecular flexibility index (Phi) is 2.81. The second kappa shape index (κ2) is 3.58. The van der Waals surface area contributed by atoms with Gasteiger partial charge in [0.05, 0.1) is 18.3 Å². The summed E-state index contributed by atoms with van der Waals surface area (Å²) in [7, 11) is 1.46. The quantitative estimate of drug-likeness (QED) is 0.790. The molecule has 0 saturated heterocycles. The largest absolute Gasteiger partial charge is 0.496 e. The summed E-state index contributed by atoms with van der Waals surface area (Å²) in [4.78, 5) is 0. The molecule has 1 N–H and O–H groups in total. The molecule has 0 aliphatic carbocycles. The molecule has 1 aromatic carbocycles. The number of ether oxygens (including phenoxy) is 1. The maximum absolute atomic E-state index is 13.7. The van der Waals surface area contributed by atoms with Gasteiger partial charge in [0.2, 0.25) is 0 Å². The first kappa shape index (κ1) is 11.0. The summed E-state index contributed by atoms with van der Waals surface area (Å²) in [6.45, 7) is 4.73. The summed E-state index contributed by atoms with van der Waals surface area (Å²) in [5.74, 6) is -0.0301. The van der Waals surface area contributed by atoms with E-state index in [4.69, 9.17) is 4.74 Å². The summed E-state index contributed by atoms with van der Waals surface area (Å²) in [5, 5.41) is 9.79. The van der Waals surface area contributed by atoms with Gasteiger partial charge in [-0.25, -0.2) is 4.39 Å². The maximum atomic E-state index is 13.7. The number of aliphatic hydroxyl groups is 1. The first-order valence-corrected chi connectivity index (χ1v) is 4.44. The van der Waals surface area contributed by atoms with Crippen LogP contribution in [0.5, 0.6) is 5.75 Å². The Hall–Kier alpha value is -1.09. The molecule has 2 nitrogen and oxygen atoms in total. The molecule has 0 atom stereocenters. The Labute approximate surface area is 83.3 Å². The highest BCUT2D eigenvalue weighted by atomic mass is 19.1. The number of hydrogen-bond acceptors (Lipinski definition) is 2. The van der Waals surface area contributed by atoms with Crippen LogP contribution in [-0.2, 0) is 5.60 Å². The molecular weight excluding hydrogens is 183 g/mol. The van der Waals surface area contributed by atoms with Gasteiger partial charge in [-0.05, 0) is 32.4 Å². The van der Waals surface area contributed by atoms with Gasteiger partial charge >= 0.3 is 0 Å². The van der Waals surface area contributed by atoms with Crippen LogP contribution >= 0.6 is 0 Å². The van der Waals surface area contributed by atoms with Gasteiger partial charge in [-0.15, -0.1) is 0 Å². The topological polar surface area (TPSA) is 29.5 Å². The average Bonchev–Trinajstić information content (AvgIpc) is 2.07. The number of hydrogen-bond donors (Lipinski definition) is 1. The van der Waals surface area contributed by atoms with Gasteiger partial charge in [-0.3, -0.25) is 0 Å². The van der Waals surface area contributed by atoms with Crippen LogP contribution in [-0.4, -0.2) is 12.2 Å². The second-order valence-corrected chi connectivity index (χ2v) is 3.83. The van der Waals surface area contributed by atoms with Crippen LogP contribution in [0.1, 0.15) is 25.0 Å². The van der Waals surface area contributed by atoms with Crippen molar-refractivity contribution in [2.45, 2.75) is 26.4 Å². The lowest BCUT2D eigenvalue weighted by molar-refractivity contribution is 0.0713.